The first-order valence-corrected chi connectivity index (χ1v) is 7.05. The Balaban J connectivity index is 1.72. The average Bonchev–Trinajstić information content (AvgIpc) is 2.86. The lowest BCUT2D eigenvalue weighted by molar-refractivity contribution is -0.132. The quantitative estimate of drug-likeness (QED) is 0.877. The van der Waals surface area contributed by atoms with E-state index in [2.05, 4.69) is 12.2 Å². The van der Waals surface area contributed by atoms with Gasteiger partial charge in [0.1, 0.15) is 0 Å². The maximum Gasteiger partial charge on any atom is 0.242 e. The van der Waals surface area contributed by atoms with Crippen molar-refractivity contribution in [2.24, 2.45) is 11.8 Å². The zero-order chi connectivity index (χ0) is 13.1. The number of carbonyl (C=O) groups is 2. The summed E-state index contributed by atoms with van der Waals surface area (Å²) in [7, 11) is 1.76. The fraction of sp³-hybridized carbons (Fsp3) is 0.538. The van der Waals surface area contributed by atoms with Gasteiger partial charge in [0.25, 0.3) is 0 Å². The van der Waals surface area contributed by atoms with Crippen LogP contribution in [-0.4, -0.2) is 30.3 Å². The molecule has 1 fully saturated rings. The van der Waals surface area contributed by atoms with Crippen LogP contribution in [0, 0.1) is 11.8 Å². The predicted octanol–water partition coefficient (Wildman–Crippen LogP) is 1.48. The Morgan fingerprint density at radius 3 is 2.83 bits per heavy atom. The van der Waals surface area contributed by atoms with E-state index < -0.39 is 0 Å². The van der Waals surface area contributed by atoms with Gasteiger partial charge in [0.2, 0.25) is 11.8 Å². The molecule has 0 aromatic carbocycles. The van der Waals surface area contributed by atoms with Gasteiger partial charge in [-0.25, -0.2) is 0 Å². The van der Waals surface area contributed by atoms with Crippen LogP contribution in [0.1, 0.15) is 18.9 Å². The smallest absolute Gasteiger partial charge is 0.242 e. The lowest BCUT2D eigenvalue weighted by Gasteiger charge is -2.16. The van der Waals surface area contributed by atoms with E-state index in [9.17, 15) is 9.59 Å². The van der Waals surface area contributed by atoms with Crippen molar-refractivity contribution >= 4 is 23.2 Å². The highest BCUT2D eigenvalue weighted by Crippen LogP contribution is 2.37. The van der Waals surface area contributed by atoms with Crippen LogP contribution in [0.5, 0.6) is 0 Å². The topological polar surface area (TPSA) is 49.4 Å². The molecule has 4 nitrogen and oxygen atoms in total. The van der Waals surface area contributed by atoms with Gasteiger partial charge < -0.3 is 10.2 Å². The summed E-state index contributed by atoms with van der Waals surface area (Å²) in [5.41, 5.74) is 1.12. The van der Waals surface area contributed by atoms with Crippen molar-refractivity contribution in [2.75, 3.05) is 13.6 Å². The molecule has 18 heavy (non-hydrogen) atoms. The van der Waals surface area contributed by atoms with Crippen molar-refractivity contribution in [3.8, 4) is 0 Å². The Bertz CT molecular complexity index is 430. The molecule has 2 amide bonds. The third-order valence-corrected chi connectivity index (χ3v) is 4.02. The minimum absolute atomic E-state index is 0.0137. The number of amides is 2. The van der Waals surface area contributed by atoms with E-state index >= 15 is 0 Å². The molecule has 0 radical (unpaired) electrons. The summed E-state index contributed by atoms with van der Waals surface area (Å²) in [5.74, 6) is 0.561. The molecule has 1 aromatic heterocycles. The standard InChI is InChI=1S/C13H18N2O2S/c1-9-5-11(9)13(17)14-6-12(16)15(2)7-10-3-4-18-8-10/h3-4,8-9,11H,5-7H2,1-2H3,(H,14,17)/t9-,11+/m0/s1. The SMILES string of the molecule is C[C@H]1C[C@H]1C(=O)NCC(=O)N(C)Cc1ccsc1. The number of rotatable bonds is 5. The Hall–Kier alpha value is -1.36. The summed E-state index contributed by atoms with van der Waals surface area (Å²) >= 11 is 1.62. The molecule has 1 saturated carbocycles. The monoisotopic (exact) mass is 266 g/mol. The van der Waals surface area contributed by atoms with Gasteiger partial charge in [-0.2, -0.15) is 11.3 Å². The summed E-state index contributed by atoms with van der Waals surface area (Å²) in [6.45, 7) is 2.75. The number of hydrogen-bond acceptors (Lipinski definition) is 3. The van der Waals surface area contributed by atoms with Gasteiger partial charge in [0.05, 0.1) is 6.54 Å². The fourth-order valence-electron chi connectivity index (χ4n) is 1.86. The molecule has 1 aliphatic rings. The van der Waals surface area contributed by atoms with Crippen LogP contribution in [0.3, 0.4) is 0 Å². The third-order valence-electron chi connectivity index (χ3n) is 3.29. The Kier molecular flexibility index (Phi) is 4.01. The average molecular weight is 266 g/mol. The normalized spacial score (nSPS) is 21.4. The van der Waals surface area contributed by atoms with Gasteiger partial charge >= 0.3 is 0 Å². The zero-order valence-corrected chi connectivity index (χ0v) is 11.5. The highest BCUT2D eigenvalue weighted by Gasteiger charge is 2.39. The maximum atomic E-state index is 11.8. The van der Waals surface area contributed by atoms with Crippen molar-refractivity contribution in [3.63, 3.8) is 0 Å². The molecule has 1 N–H and O–H groups in total. The lowest BCUT2D eigenvalue weighted by atomic mass is 10.3. The van der Waals surface area contributed by atoms with Gasteiger partial charge in [-0.3, -0.25) is 9.59 Å². The van der Waals surface area contributed by atoms with E-state index in [1.165, 1.54) is 0 Å². The van der Waals surface area contributed by atoms with Crippen LogP contribution in [0.15, 0.2) is 16.8 Å². The summed E-state index contributed by atoms with van der Waals surface area (Å²) in [4.78, 5) is 25.0. The van der Waals surface area contributed by atoms with E-state index in [0.29, 0.717) is 12.5 Å². The molecular weight excluding hydrogens is 248 g/mol. The number of nitrogens with one attached hydrogen (secondary N) is 1. The number of carbonyl (C=O) groups excluding carboxylic acids is 2. The van der Waals surface area contributed by atoms with Crippen LogP contribution < -0.4 is 5.32 Å². The molecule has 5 heteroatoms. The van der Waals surface area contributed by atoms with E-state index in [1.807, 2.05) is 16.8 Å². The van der Waals surface area contributed by atoms with Gasteiger partial charge in [-0.1, -0.05) is 6.92 Å². The third kappa shape index (κ3) is 3.32. The number of nitrogens with zero attached hydrogens (tertiary/aromatic N) is 1. The van der Waals surface area contributed by atoms with Gasteiger partial charge in [0, 0.05) is 19.5 Å². The zero-order valence-electron chi connectivity index (χ0n) is 10.7. The molecule has 98 valence electrons. The summed E-state index contributed by atoms with van der Waals surface area (Å²) in [6, 6.07) is 2.00. The van der Waals surface area contributed by atoms with Gasteiger partial charge in [-0.15, -0.1) is 0 Å². The maximum absolute atomic E-state index is 11.8. The van der Waals surface area contributed by atoms with Gasteiger partial charge in [-0.05, 0) is 34.7 Å². The highest BCUT2D eigenvalue weighted by molar-refractivity contribution is 7.07. The van der Waals surface area contributed by atoms with Crippen LogP contribution in [0.25, 0.3) is 0 Å². The molecule has 0 unspecified atom stereocenters. The summed E-state index contributed by atoms with van der Waals surface area (Å²) in [5, 5.41) is 6.72. The van der Waals surface area contributed by atoms with Crippen LogP contribution in [-0.2, 0) is 16.1 Å². The van der Waals surface area contributed by atoms with Crippen molar-refractivity contribution in [1.82, 2.24) is 10.2 Å². The first-order valence-electron chi connectivity index (χ1n) is 6.10. The predicted molar refractivity (Wildman–Crippen MR) is 71.1 cm³/mol. The van der Waals surface area contributed by atoms with Gasteiger partial charge in [0.15, 0.2) is 0 Å². The first kappa shape index (κ1) is 13.1. The van der Waals surface area contributed by atoms with E-state index in [1.54, 1.807) is 23.3 Å². The Morgan fingerprint density at radius 1 is 1.56 bits per heavy atom. The van der Waals surface area contributed by atoms with Crippen molar-refractivity contribution in [2.45, 2.75) is 19.9 Å². The summed E-state index contributed by atoms with van der Waals surface area (Å²) < 4.78 is 0. The molecule has 2 rings (SSSR count). The van der Waals surface area contributed by atoms with E-state index in [-0.39, 0.29) is 24.3 Å². The fourth-order valence-corrected chi connectivity index (χ4v) is 2.52. The van der Waals surface area contributed by atoms with Crippen molar-refractivity contribution in [3.05, 3.63) is 22.4 Å². The number of likely N-dealkylation sites (N-methyl/N-ethyl adjacent to an activating group) is 1. The molecule has 1 heterocycles. The van der Waals surface area contributed by atoms with Crippen LogP contribution >= 0.6 is 11.3 Å². The number of hydrogen-bond donors (Lipinski definition) is 1. The molecule has 1 aromatic rings. The Morgan fingerprint density at radius 2 is 2.28 bits per heavy atom. The highest BCUT2D eigenvalue weighted by atomic mass is 32.1. The second-order valence-electron chi connectivity index (χ2n) is 4.92. The van der Waals surface area contributed by atoms with Crippen molar-refractivity contribution < 1.29 is 9.59 Å². The Labute approximate surface area is 111 Å². The molecule has 1 aliphatic carbocycles. The first-order chi connectivity index (χ1) is 8.58. The molecule has 0 saturated heterocycles. The minimum Gasteiger partial charge on any atom is -0.347 e. The van der Waals surface area contributed by atoms with Crippen molar-refractivity contribution in [1.29, 1.82) is 0 Å². The lowest BCUT2D eigenvalue weighted by Crippen LogP contribution is -2.38. The van der Waals surface area contributed by atoms with E-state index in [0.717, 1.165) is 12.0 Å². The number of thiophene rings is 1. The molecule has 2 atom stereocenters. The van der Waals surface area contributed by atoms with E-state index in [4.69, 9.17) is 0 Å². The second-order valence-corrected chi connectivity index (χ2v) is 5.70. The molecule has 0 aliphatic heterocycles. The summed E-state index contributed by atoms with van der Waals surface area (Å²) in [6.07, 6.45) is 0.949. The largest absolute Gasteiger partial charge is 0.347 e. The second kappa shape index (κ2) is 5.52. The molecule has 0 bridgehead atoms. The molecule has 0 spiro atoms. The molecular formula is C13H18N2O2S. The van der Waals surface area contributed by atoms with Crippen LogP contribution in [0.4, 0.5) is 0 Å². The van der Waals surface area contributed by atoms with Crippen LogP contribution in [0.2, 0.25) is 0 Å². The minimum atomic E-state index is -0.0529.